The molecule has 1 N–H and O–H groups in total. The first kappa shape index (κ1) is 23.4. The average molecular weight is 507 g/mol. The number of aromatic nitrogens is 2. The van der Waals surface area contributed by atoms with E-state index in [1.807, 2.05) is 41.8 Å². The average Bonchev–Trinajstić information content (AvgIpc) is 3.34. The molecule has 0 saturated carbocycles. The number of ether oxygens (including phenoxy) is 1. The Bertz CT molecular complexity index is 1400. The number of nitrogens with one attached hydrogen (secondary N) is 1. The van der Waals surface area contributed by atoms with Crippen molar-refractivity contribution in [3.05, 3.63) is 75.8 Å². The van der Waals surface area contributed by atoms with Crippen LogP contribution in [-0.4, -0.2) is 46.4 Å². The smallest absolute Gasteiger partial charge is 0.339 e. The van der Waals surface area contributed by atoms with E-state index in [1.54, 1.807) is 12.1 Å². The minimum absolute atomic E-state index is 0.405. The Balaban J connectivity index is 1.30. The topological polar surface area (TPSA) is 84.4 Å². The van der Waals surface area contributed by atoms with E-state index in [1.165, 1.54) is 11.3 Å². The van der Waals surface area contributed by atoms with E-state index in [-0.39, 0.29) is 0 Å². The second-order valence-corrected chi connectivity index (χ2v) is 9.51. The van der Waals surface area contributed by atoms with Gasteiger partial charge in [-0.15, -0.1) is 11.3 Å². The molecular formula is C26H23ClN4O3S. The highest BCUT2D eigenvalue weighted by atomic mass is 35.5. The molecule has 0 atom stereocenters. The van der Waals surface area contributed by atoms with Crippen LogP contribution >= 0.6 is 22.9 Å². The molecule has 0 radical (unpaired) electrons. The third-order valence-corrected chi connectivity index (χ3v) is 7.01. The maximum atomic E-state index is 13.2. The maximum Gasteiger partial charge on any atom is 0.339 e. The van der Waals surface area contributed by atoms with Crippen LogP contribution in [0.5, 0.6) is 0 Å². The molecule has 1 aliphatic rings. The van der Waals surface area contributed by atoms with Gasteiger partial charge in [-0.25, -0.2) is 9.78 Å². The fourth-order valence-corrected chi connectivity index (χ4v) is 5.05. The Morgan fingerprint density at radius 1 is 1.14 bits per heavy atom. The van der Waals surface area contributed by atoms with E-state index < -0.39 is 18.5 Å². The van der Waals surface area contributed by atoms with Gasteiger partial charge in [-0.05, 0) is 24.7 Å². The summed E-state index contributed by atoms with van der Waals surface area (Å²) in [5.41, 5.74) is 4.68. The van der Waals surface area contributed by atoms with Crippen molar-refractivity contribution < 1.29 is 14.3 Å². The Kier molecular flexibility index (Phi) is 6.77. The predicted molar refractivity (Wildman–Crippen MR) is 138 cm³/mol. The molecule has 0 fully saturated rings. The molecule has 1 amide bonds. The number of para-hydroxylation sites is 1. The number of carbonyl (C=O) groups excluding carboxylic acids is 2. The minimum atomic E-state index is -0.519. The molecule has 4 aromatic rings. The van der Waals surface area contributed by atoms with Gasteiger partial charge in [0.2, 0.25) is 0 Å². The third-order valence-electron chi connectivity index (χ3n) is 6.00. The van der Waals surface area contributed by atoms with E-state index in [9.17, 15) is 9.59 Å². The summed E-state index contributed by atoms with van der Waals surface area (Å²) in [5, 5.41) is 6.37. The molecule has 35 heavy (non-hydrogen) atoms. The summed E-state index contributed by atoms with van der Waals surface area (Å²) in [7, 11) is 0. The molecule has 2 aromatic heterocycles. The van der Waals surface area contributed by atoms with Crippen molar-refractivity contribution in [1.29, 1.82) is 0 Å². The van der Waals surface area contributed by atoms with Crippen LogP contribution in [0.1, 0.15) is 28.5 Å². The van der Waals surface area contributed by atoms with Gasteiger partial charge < -0.3 is 4.74 Å². The lowest BCUT2D eigenvalue weighted by molar-refractivity contribution is -0.119. The summed E-state index contributed by atoms with van der Waals surface area (Å²) >= 11 is 7.24. The normalized spacial score (nSPS) is 13.4. The summed E-state index contributed by atoms with van der Waals surface area (Å²) in [6.45, 7) is 4.11. The first-order chi connectivity index (χ1) is 17.0. The molecule has 1 aliphatic heterocycles. The number of pyridine rings is 1. The number of anilines is 1. The lowest BCUT2D eigenvalue weighted by Gasteiger charge is -2.28. The number of hydrogen-bond acceptors (Lipinski definition) is 7. The first-order valence-corrected chi connectivity index (χ1v) is 12.6. The molecule has 9 heteroatoms. The van der Waals surface area contributed by atoms with Crippen LogP contribution in [0.15, 0.2) is 53.9 Å². The number of hydrogen-bond donors (Lipinski definition) is 1. The Morgan fingerprint density at radius 3 is 2.74 bits per heavy atom. The zero-order valence-electron chi connectivity index (χ0n) is 19.1. The predicted octanol–water partition coefficient (Wildman–Crippen LogP) is 5.19. The van der Waals surface area contributed by atoms with Crippen molar-refractivity contribution >= 4 is 50.8 Å². The molecule has 7 nitrogen and oxygen atoms in total. The molecule has 0 bridgehead atoms. The number of carbonyl (C=O) groups is 2. The summed E-state index contributed by atoms with van der Waals surface area (Å²) in [5.74, 6) is -0.966. The molecule has 0 spiro atoms. The number of amides is 1. The quantitative estimate of drug-likeness (QED) is 0.362. The number of halogens is 1. The number of likely N-dealkylation sites (N-methyl/N-ethyl adjacent to an activating group) is 1. The standard InChI is InChI=1S/C26H23ClN4O3S/c1-2-31-12-11-21-19(13-31)24(18-5-3-4-6-20(18)28-21)25(33)34-14-23(32)30-26-29-22(15-35-26)16-7-9-17(27)10-8-16/h3-10,15H,2,11-14H2,1H3,(H,29,30,32). The van der Waals surface area contributed by atoms with Crippen LogP contribution in [-0.2, 0) is 22.5 Å². The SMILES string of the molecule is CCN1CCc2nc3ccccc3c(C(=O)OCC(=O)Nc3nc(-c4ccc(Cl)cc4)cs3)c2C1. The van der Waals surface area contributed by atoms with Gasteiger partial charge in [0.1, 0.15) is 0 Å². The third kappa shape index (κ3) is 5.05. The van der Waals surface area contributed by atoms with Gasteiger partial charge in [0.05, 0.1) is 16.8 Å². The summed E-state index contributed by atoms with van der Waals surface area (Å²) < 4.78 is 5.47. The molecule has 178 valence electrons. The maximum absolute atomic E-state index is 13.2. The van der Waals surface area contributed by atoms with Crippen LogP contribution in [0.4, 0.5) is 5.13 Å². The number of fused-ring (bicyclic) bond motifs is 2. The summed E-state index contributed by atoms with van der Waals surface area (Å²) in [6, 6.07) is 14.8. The first-order valence-electron chi connectivity index (χ1n) is 11.3. The number of esters is 1. The molecule has 0 aliphatic carbocycles. The lowest BCUT2D eigenvalue weighted by atomic mass is 9.96. The molecule has 2 aromatic carbocycles. The fraction of sp³-hybridized carbons (Fsp3) is 0.231. The van der Waals surface area contributed by atoms with Crippen molar-refractivity contribution in [2.24, 2.45) is 0 Å². The molecule has 0 saturated heterocycles. The van der Waals surface area contributed by atoms with Gasteiger partial charge >= 0.3 is 5.97 Å². The van der Waals surface area contributed by atoms with Crippen molar-refractivity contribution in [3.63, 3.8) is 0 Å². The zero-order valence-corrected chi connectivity index (χ0v) is 20.7. The summed E-state index contributed by atoms with van der Waals surface area (Å²) in [6.07, 6.45) is 0.773. The van der Waals surface area contributed by atoms with Gasteiger partial charge in [0, 0.05) is 52.1 Å². The molecular weight excluding hydrogens is 484 g/mol. The number of nitrogens with zero attached hydrogens (tertiary/aromatic N) is 3. The Labute approximate surface area is 211 Å². The van der Waals surface area contributed by atoms with Crippen LogP contribution in [0.25, 0.3) is 22.2 Å². The highest BCUT2D eigenvalue weighted by molar-refractivity contribution is 7.14. The minimum Gasteiger partial charge on any atom is -0.452 e. The van der Waals surface area contributed by atoms with E-state index >= 15 is 0 Å². The number of benzene rings is 2. The number of thiazole rings is 1. The molecule has 5 rings (SSSR count). The van der Waals surface area contributed by atoms with E-state index in [4.69, 9.17) is 21.3 Å². The van der Waals surface area contributed by atoms with E-state index in [2.05, 4.69) is 22.1 Å². The Hall–Kier alpha value is -3.33. The zero-order chi connectivity index (χ0) is 24.4. The monoisotopic (exact) mass is 506 g/mol. The van der Waals surface area contributed by atoms with Crippen molar-refractivity contribution in [3.8, 4) is 11.3 Å². The highest BCUT2D eigenvalue weighted by Crippen LogP contribution is 2.29. The van der Waals surface area contributed by atoms with Crippen molar-refractivity contribution in [1.82, 2.24) is 14.9 Å². The van der Waals surface area contributed by atoms with Crippen molar-refractivity contribution in [2.75, 3.05) is 25.0 Å². The molecule has 0 unspecified atom stereocenters. The van der Waals surface area contributed by atoms with E-state index in [0.29, 0.717) is 22.3 Å². The second-order valence-electron chi connectivity index (χ2n) is 8.22. The Morgan fingerprint density at radius 2 is 1.94 bits per heavy atom. The van der Waals surface area contributed by atoms with Crippen LogP contribution < -0.4 is 5.32 Å². The lowest BCUT2D eigenvalue weighted by Crippen LogP contribution is -2.32. The van der Waals surface area contributed by atoms with Crippen LogP contribution in [0.2, 0.25) is 5.02 Å². The second kappa shape index (κ2) is 10.1. The summed E-state index contributed by atoms with van der Waals surface area (Å²) in [4.78, 5) is 37.2. The van der Waals surface area contributed by atoms with Crippen molar-refractivity contribution in [2.45, 2.75) is 19.9 Å². The largest absolute Gasteiger partial charge is 0.452 e. The van der Waals surface area contributed by atoms with E-state index in [0.717, 1.165) is 52.9 Å². The van der Waals surface area contributed by atoms with Gasteiger partial charge in [0.15, 0.2) is 11.7 Å². The van der Waals surface area contributed by atoms with Gasteiger partial charge in [-0.1, -0.05) is 48.9 Å². The fourth-order valence-electron chi connectivity index (χ4n) is 4.19. The van der Waals surface area contributed by atoms with Gasteiger partial charge in [-0.3, -0.25) is 20.0 Å². The molecule has 3 heterocycles. The van der Waals surface area contributed by atoms with Crippen LogP contribution in [0.3, 0.4) is 0 Å². The van der Waals surface area contributed by atoms with Crippen LogP contribution in [0, 0.1) is 0 Å². The van der Waals surface area contributed by atoms with Gasteiger partial charge in [-0.2, -0.15) is 0 Å². The highest BCUT2D eigenvalue weighted by Gasteiger charge is 2.26. The number of rotatable bonds is 6. The van der Waals surface area contributed by atoms with Gasteiger partial charge in [0.25, 0.3) is 5.91 Å².